The summed E-state index contributed by atoms with van der Waals surface area (Å²) in [6.45, 7) is 4.18. The molecule has 0 fully saturated rings. The van der Waals surface area contributed by atoms with Crippen LogP contribution in [0, 0.1) is 0 Å². The summed E-state index contributed by atoms with van der Waals surface area (Å²) in [5, 5.41) is -0.302. The Labute approximate surface area is 230 Å². The van der Waals surface area contributed by atoms with Gasteiger partial charge in [0.25, 0.3) is 0 Å². The molecular weight excluding hydrogens is 528 g/mol. The number of fused-ring (bicyclic) bond motifs is 1. The van der Waals surface area contributed by atoms with Gasteiger partial charge in [0.05, 0.1) is 44.4 Å². The van der Waals surface area contributed by atoms with E-state index in [0.717, 1.165) is 16.8 Å². The standard InChI is InChI=1S/C28H29ClN2O6S/c1-5-13-31-21-11-9-17(29)14-20(21)27(19-7-6-8-22(34-2)26(19)36-4)38-23(28(31)33)15-24-30-16-18(37-24)10-12-25(32)35-3/h5-9,11,14,16,23,27H,1,10,12-13,15H2,2-4H3/t23-,27-/m0/s1. The molecule has 10 heteroatoms. The number of thioether (sulfide) groups is 1. The van der Waals surface area contributed by atoms with Gasteiger partial charge in [-0.25, -0.2) is 4.98 Å². The molecule has 0 radical (unpaired) electrons. The number of oxazole rings is 1. The topological polar surface area (TPSA) is 91.1 Å². The Kier molecular flexibility index (Phi) is 9.01. The Morgan fingerprint density at radius 3 is 2.74 bits per heavy atom. The van der Waals surface area contributed by atoms with Gasteiger partial charge in [-0.15, -0.1) is 18.3 Å². The Hall–Kier alpha value is -3.43. The molecule has 0 unspecified atom stereocenters. The number of esters is 1. The zero-order valence-electron chi connectivity index (χ0n) is 21.4. The van der Waals surface area contributed by atoms with Crippen molar-refractivity contribution in [1.82, 2.24) is 4.98 Å². The molecule has 4 rings (SSSR count). The number of nitrogens with zero attached hydrogens (tertiary/aromatic N) is 2. The van der Waals surface area contributed by atoms with Crippen LogP contribution in [0.3, 0.4) is 0 Å². The van der Waals surface area contributed by atoms with Crippen LogP contribution in [0.15, 0.2) is 59.7 Å². The number of carbonyl (C=O) groups excluding carboxylic acids is 2. The summed E-state index contributed by atoms with van der Waals surface area (Å²) in [6, 6.07) is 11.2. The molecule has 0 saturated heterocycles. The van der Waals surface area contributed by atoms with E-state index in [1.807, 2.05) is 30.3 Å². The van der Waals surface area contributed by atoms with E-state index in [2.05, 4.69) is 11.6 Å². The van der Waals surface area contributed by atoms with E-state index in [1.165, 1.54) is 18.9 Å². The molecule has 0 spiro atoms. The predicted octanol–water partition coefficient (Wildman–Crippen LogP) is 5.42. The van der Waals surface area contributed by atoms with Gasteiger partial charge in [-0.2, -0.15) is 0 Å². The number of aromatic nitrogens is 1. The van der Waals surface area contributed by atoms with Crippen LogP contribution >= 0.6 is 23.4 Å². The number of benzene rings is 2. The van der Waals surface area contributed by atoms with Crippen molar-refractivity contribution in [2.24, 2.45) is 0 Å². The summed E-state index contributed by atoms with van der Waals surface area (Å²) < 4.78 is 21.9. The minimum absolute atomic E-state index is 0.0999. The largest absolute Gasteiger partial charge is 0.493 e. The summed E-state index contributed by atoms with van der Waals surface area (Å²) in [6.07, 6.45) is 4.08. The van der Waals surface area contributed by atoms with Crippen molar-refractivity contribution in [3.05, 3.63) is 83.1 Å². The fourth-order valence-electron chi connectivity index (χ4n) is 4.43. The van der Waals surface area contributed by atoms with E-state index >= 15 is 0 Å². The molecule has 2 aromatic carbocycles. The van der Waals surface area contributed by atoms with Crippen LogP contribution in [0.2, 0.25) is 5.02 Å². The Morgan fingerprint density at radius 1 is 1.21 bits per heavy atom. The van der Waals surface area contributed by atoms with Crippen LogP contribution in [0.1, 0.15) is 34.4 Å². The molecule has 1 aliphatic heterocycles. The van der Waals surface area contributed by atoms with Crippen molar-refractivity contribution in [3.63, 3.8) is 0 Å². The number of carbonyl (C=O) groups is 2. The van der Waals surface area contributed by atoms with Crippen LogP contribution < -0.4 is 14.4 Å². The Bertz CT molecular complexity index is 1330. The number of methoxy groups -OCH3 is 3. The molecule has 0 bridgehead atoms. The van der Waals surface area contributed by atoms with E-state index in [1.54, 1.807) is 37.5 Å². The number of amides is 1. The second-order valence-corrected chi connectivity index (χ2v) is 10.3. The third-order valence-electron chi connectivity index (χ3n) is 6.20. The maximum Gasteiger partial charge on any atom is 0.305 e. The molecule has 1 aromatic heterocycles. The maximum absolute atomic E-state index is 13.9. The minimum Gasteiger partial charge on any atom is -0.493 e. The third-order valence-corrected chi connectivity index (χ3v) is 7.91. The highest BCUT2D eigenvalue weighted by molar-refractivity contribution is 8.01. The number of hydrogen-bond donors (Lipinski definition) is 0. The molecule has 38 heavy (non-hydrogen) atoms. The van der Waals surface area contributed by atoms with Gasteiger partial charge in [0.15, 0.2) is 17.4 Å². The molecule has 1 amide bonds. The van der Waals surface area contributed by atoms with Crippen LogP contribution in [0.25, 0.3) is 0 Å². The number of ether oxygens (including phenoxy) is 3. The summed E-state index contributed by atoms with van der Waals surface area (Å²) in [5.74, 6) is 1.71. The lowest BCUT2D eigenvalue weighted by atomic mass is 10.00. The van der Waals surface area contributed by atoms with Crippen molar-refractivity contribution in [2.75, 3.05) is 32.8 Å². The van der Waals surface area contributed by atoms with E-state index < -0.39 is 5.25 Å². The number of aryl methyl sites for hydroxylation is 1. The van der Waals surface area contributed by atoms with Crippen molar-refractivity contribution >= 4 is 40.9 Å². The van der Waals surface area contributed by atoms with Gasteiger partial charge in [0.2, 0.25) is 5.91 Å². The van der Waals surface area contributed by atoms with Crippen LogP contribution in [-0.4, -0.2) is 50.0 Å². The van der Waals surface area contributed by atoms with Crippen LogP contribution in [-0.2, 0) is 27.2 Å². The second-order valence-electron chi connectivity index (χ2n) is 8.53. The van der Waals surface area contributed by atoms with Gasteiger partial charge < -0.3 is 23.5 Å². The molecule has 200 valence electrons. The number of anilines is 1. The molecular formula is C28H29ClN2O6S. The van der Waals surface area contributed by atoms with Crippen molar-refractivity contribution in [2.45, 2.75) is 29.8 Å². The summed E-state index contributed by atoms with van der Waals surface area (Å²) in [4.78, 5) is 31.6. The number of hydrogen-bond acceptors (Lipinski definition) is 8. The lowest BCUT2D eigenvalue weighted by molar-refractivity contribution is -0.140. The van der Waals surface area contributed by atoms with Crippen LogP contribution in [0.5, 0.6) is 11.5 Å². The monoisotopic (exact) mass is 556 g/mol. The zero-order chi connectivity index (χ0) is 27.2. The van der Waals surface area contributed by atoms with Gasteiger partial charge in [-0.05, 0) is 29.8 Å². The fourth-order valence-corrected chi connectivity index (χ4v) is 6.08. The van der Waals surface area contributed by atoms with Gasteiger partial charge in [0.1, 0.15) is 5.76 Å². The van der Waals surface area contributed by atoms with Gasteiger partial charge in [0, 0.05) is 35.7 Å². The normalized spacial score (nSPS) is 16.9. The third kappa shape index (κ3) is 5.84. The quantitative estimate of drug-likeness (QED) is 0.241. The highest BCUT2D eigenvalue weighted by Crippen LogP contribution is 2.51. The summed E-state index contributed by atoms with van der Waals surface area (Å²) >= 11 is 7.94. The highest BCUT2D eigenvalue weighted by Gasteiger charge is 2.38. The number of rotatable bonds is 10. The fraction of sp³-hybridized carbons (Fsp3) is 0.321. The van der Waals surface area contributed by atoms with Gasteiger partial charge in [-0.1, -0.05) is 29.8 Å². The summed E-state index contributed by atoms with van der Waals surface area (Å²) in [5.41, 5.74) is 2.47. The molecule has 0 aliphatic carbocycles. The van der Waals surface area contributed by atoms with E-state index in [-0.39, 0.29) is 30.0 Å². The molecule has 2 heterocycles. The minimum atomic E-state index is -0.547. The molecule has 0 saturated carbocycles. The first-order valence-electron chi connectivity index (χ1n) is 12.0. The predicted molar refractivity (Wildman–Crippen MR) is 147 cm³/mol. The van der Waals surface area contributed by atoms with Gasteiger partial charge >= 0.3 is 5.97 Å². The number of halogens is 1. The molecule has 8 nitrogen and oxygen atoms in total. The maximum atomic E-state index is 13.9. The van der Waals surface area contributed by atoms with E-state index in [9.17, 15) is 9.59 Å². The van der Waals surface area contributed by atoms with Crippen molar-refractivity contribution in [3.8, 4) is 11.5 Å². The molecule has 0 N–H and O–H groups in total. The molecule has 1 aliphatic rings. The Morgan fingerprint density at radius 2 is 2.03 bits per heavy atom. The average Bonchev–Trinajstić information content (AvgIpc) is 3.35. The van der Waals surface area contributed by atoms with Gasteiger partial charge in [-0.3, -0.25) is 9.59 Å². The molecule has 2 atom stereocenters. The first kappa shape index (κ1) is 27.6. The van der Waals surface area contributed by atoms with E-state index in [4.69, 9.17) is 30.2 Å². The van der Waals surface area contributed by atoms with Crippen LogP contribution in [0.4, 0.5) is 5.69 Å². The van der Waals surface area contributed by atoms with Crippen molar-refractivity contribution < 1.29 is 28.2 Å². The second kappa shape index (κ2) is 12.4. The summed E-state index contributed by atoms with van der Waals surface area (Å²) in [7, 11) is 4.53. The highest BCUT2D eigenvalue weighted by atomic mass is 35.5. The lowest BCUT2D eigenvalue weighted by Crippen LogP contribution is -2.38. The lowest BCUT2D eigenvalue weighted by Gasteiger charge is -2.24. The first-order valence-corrected chi connectivity index (χ1v) is 13.3. The average molecular weight is 557 g/mol. The van der Waals surface area contributed by atoms with E-state index in [0.29, 0.717) is 41.1 Å². The Balaban J connectivity index is 1.76. The van der Waals surface area contributed by atoms with Crippen molar-refractivity contribution in [1.29, 1.82) is 0 Å². The first-order chi connectivity index (χ1) is 18.4. The zero-order valence-corrected chi connectivity index (χ0v) is 23.0. The SMILES string of the molecule is C=CCN1C(=O)[C@H](Cc2ncc(CCC(=O)OC)o2)S[C@@H](c2cccc(OC)c2OC)c2cc(Cl)ccc21. The number of para-hydroxylation sites is 1. The smallest absolute Gasteiger partial charge is 0.305 e. The molecule has 3 aromatic rings.